The number of hydrogen-bond donors (Lipinski definition) is 1. The summed E-state index contributed by atoms with van der Waals surface area (Å²) in [5, 5.41) is 3.03. The van der Waals surface area contributed by atoms with Crippen molar-refractivity contribution in [3.8, 4) is 0 Å². The Morgan fingerprint density at radius 2 is 1.46 bits per heavy atom. The van der Waals surface area contributed by atoms with Gasteiger partial charge in [-0.2, -0.15) is 0 Å². The number of aldehydes is 1. The predicted molar refractivity (Wildman–Crippen MR) is 123 cm³/mol. The molecule has 3 rings (SSSR count). The van der Waals surface area contributed by atoms with Crippen molar-refractivity contribution in [2.24, 2.45) is 4.99 Å². The number of carbonyl (C=O) groups is 1. The molecule has 0 saturated carbocycles. The second kappa shape index (κ2) is 12.3. The van der Waals surface area contributed by atoms with Crippen molar-refractivity contribution in [3.63, 3.8) is 0 Å². The largest absolute Gasteiger partial charge is 0.388 e. The van der Waals surface area contributed by atoms with E-state index < -0.39 is 0 Å². The highest BCUT2D eigenvalue weighted by Crippen LogP contribution is 2.28. The molecule has 0 spiro atoms. The molecule has 0 bridgehead atoms. The fraction of sp³-hybridized carbons (Fsp3) is 0.0833. The molecule has 0 amide bonds. The van der Waals surface area contributed by atoms with Gasteiger partial charge in [0.2, 0.25) is 0 Å². The average molecular weight is 389 g/mol. The number of para-hydroxylation sites is 1. The summed E-state index contributed by atoms with van der Waals surface area (Å²) in [5.41, 5.74) is 3.88. The van der Waals surface area contributed by atoms with Gasteiger partial charge >= 0.3 is 0 Å². The van der Waals surface area contributed by atoms with Gasteiger partial charge in [0.25, 0.3) is 0 Å². The van der Waals surface area contributed by atoms with Crippen LogP contribution in [-0.2, 0) is 10.5 Å². The first-order chi connectivity index (χ1) is 13.8. The lowest BCUT2D eigenvalue weighted by Gasteiger charge is -2.07. The molecule has 0 radical (unpaired) electrons. The van der Waals surface area contributed by atoms with Gasteiger partial charge in [0, 0.05) is 24.1 Å². The molecule has 0 aliphatic rings. The lowest BCUT2D eigenvalue weighted by Crippen LogP contribution is -1.90. The Labute approximate surface area is 171 Å². The van der Waals surface area contributed by atoms with Crippen molar-refractivity contribution < 1.29 is 4.79 Å². The molecule has 0 unspecified atom stereocenters. The van der Waals surface area contributed by atoms with Crippen molar-refractivity contribution in [2.75, 3.05) is 12.4 Å². The van der Waals surface area contributed by atoms with Gasteiger partial charge in [-0.25, -0.2) is 0 Å². The molecule has 4 heteroatoms. The maximum atomic E-state index is 11.3. The molecule has 0 aromatic heterocycles. The summed E-state index contributed by atoms with van der Waals surface area (Å²) in [6, 6.07) is 29.7. The highest BCUT2D eigenvalue weighted by atomic mass is 32.2. The van der Waals surface area contributed by atoms with Gasteiger partial charge in [-0.15, -0.1) is 11.8 Å². The van der Waals surface area contributed by atoms with E-state index in [1.54, 1.807) is 0 Å². The number of thioether (sulfide) groups is 1. The Morgan fingerprint density at radius 3 is 1.93 bits per heavy atom. The molecule has 0 aliphatic heterocycles. The molecule has 0 aliphatic carbocycles. The molecular formula is C24H24N2OS. The Balaban J connectivity index is 0.000000292. The van der Waals surface area contributed by atoms with Crippen LogP contribution >= 0.6 is 11.8 Å². The molecular weight excluding hydrogens is 364 g/mol. The Hall–Kier alpha value is -3.11. The lowest BCUT2D eigenvalue weighted by molar-refractivity contribution is -0.104. The summed E-state index contributed by atoms with van der Waals surface area (Å²) in [6.07, 6.45) is 0.852. The first-order valence-corrected chi connectivity index (χ1v) is 9.88. The number of benzene rings is 3. The number of nitrogens with one attached hydrogen (secondary N) is 1. The van der Waals surface area contributed by atoms with Crippen LogP contribution in [0.2, 0.25) is 0 Å². The van der Waals surface area contributed by atoms with E-state index in [0.717, 1.165) is 23.3 Å². The van der Waals surface area contributed by atoms with Crippen LogP contribution in [-0.4, -0.2) is 20.1 Å². The van der Waals surface area contributed by atoms with Gasteiger partial charge in [0.05, 0.1) is 10.6 Å². The normalized spacial score (nSPS) is 10.8. The summed E-state index contributed by atoms with van der Waals surface area (Å²) in [6.45, 7) is 3.58. The van der Waals surface area contributed by atoms with Gasteiger partial charge in [-0.3, -0.25) is 9.79 Å². The quantitative estimate of drug-likeness (QED) is 0.310. The highest BCUT2D eigenvalue weighted by molar-refractivity contribution is 8.03. The topological polar surface area (TPSA) is 41.5 Å². The molecule has 28 heavy (non-hydrogen) atoms. The second-order valence-corrected chi connectivity index (χ2v) is 6.76. The zero-order valence-corrected chi connectivity index (χ0v) is 16.7. The molecule has 3 aromatic rings. The maximum absolute atomic E-state index is 11.3. The molecule has 0 saturated heterocycles. The van der Waals surface area contributed by atoms with E-state index in [1.165, 1.54) is 17.3 Å². The second-order valence-electron chi connectivity index (χ2n) is 5.75. The van der Waals surface area contributed by atoms with Gasteiger partial charge < -0.3 is 5.32 Å². The average Bonchev–Trinajstić information content (AvgIpc) is 2.79. The lowest BCUT2D eigenvalue weighted by atomic mass is 10.1. The predicted octanol–water partition coefficient (Wildman–Crippen LogP) is 5.92. The number of carbonyl (C=O) groups excluding carboxylic acids is 1. The van der Waals surface area contributed by atoms with Gasteiger partial charge in [-0.1, -0.05) is 78.9 Å². The van der Waals surface area contributed by atoms with E-state index in [2.05, 4.69) is 17.0 Å². The summed E-state index contributed by atoms with van der Waals surface area (Å²) < 4.78 is 0. The number of nitrogens with zero attached hydrogens (tertiary/aromatic N) is 1. The van der Waals surface area contributed by atoms with Crippen molar-refractivity contribution in [2.45, 2.75) is 5.75 Å². The maximum Gasteiger partial charge on any atom is 0.158 e. The van der Waals surface area contributed by atoms with E-state index in [4.69, 9.17) is 0 Å². The smallest absolute Gasteiger partial charge is 0.158 e. The monoisotopic (exact) mass is 388 g/mol. The summed E-state index contributed by atoms with van der Waals surface area (Å²) >= 11 is 1.48. The SMILES string of the molecule is C=N/C(=C(/C=O)SCc1ccccc1)c1ccccc1.CNc1ccccc1. The molecule has 0 heterocycles. The van der Waals surface area contributed by atoms with Crippen LogP contribution in [0.3, 0.4) is 0 Å². The van der Waals surface area contributed by atoms with Gasteiger partial charge in [-0.05, 0) is 24.4 Å². The molecule has 3 aromatic carbocycles. The highest BCUT2D eigenvalue weighted by Gasteiger charge is 2.08. The minimum atomic E-state index is 0.607. The van der Waals surface area contributed by atoms with Gasteiger partial charge in [0.15, 0.2) is 6.29 Å². The van der Waals surface area contributed by atoms with Crippen LogP contribution in [0, 0.1) is 0 Å². The summed E-state index contributed by atoms with van der Waals surface area (Å²) in [7, 11) is 1.91. The minimum absolute atomic E-state index is 0.607. The van der Waals surface area contributed by atoms with Crippen molar-refractivity contribution in [1.82, 2.24) is 0 Å². The Bertz CT molecular complexity index is 878. The van der Waals surface area contributed by atoms with Crippen LogP contribution in [0.5, 0.6) is 0 Å². The van der Waals surface area contributed by atoms with Crippen LogP contribution in [0.15, 0.2) is 101 Å². The number of allylic oxidation sites excluding steroid dienone is 1. The third-order valence-electron chi connectivity index (χ3n) is 3.85. The third-order valence-corrected chi connectivity index (χ3v) is 4.92. The van der Waals surface area contributed by atoms with E-state index in [9.17, 15) is 4.79 Å². The Kier molecular flexibility index (Phi) is 9.32. The van der Waals surface area contributed by atoms with Crippen molar-refractivity contribution in [3.05, 3.63) is 107 Å². The standard InChI is InChI=1S/C17H15NOS.C7H9N/c1-18-17(15-10-6-3-7-11-15)16(12-19)20-13-14-8-4-2-5-9-14;1-8-7-5-3-2-4-6-7/h2-12H,1,13H2;2-6,8H,1H3/b17-16-;. The van der Waals surface area contributed by atoms with Crippen LogP contribution in [0.4, 0.5) is 5.69 Å². The molecule has 0 fully saturated rings. The Morgan fingerprint density at radius 1 is 0.929 bits per heavy atom. The molecule has 1 N–H and O–H groups in total. The fourth-order valence-corrected chi connectivity index (χ4v) is 3.31. The minimum Gasteiger partial charge on any atom is -0.388 e. The summed E-state index contributed by atoms with van der Waals surface area (Å²) in [4.78, 5) is 16.0. The van der Waals surface area contributed by atoms with Crippen molar-refractivity contribution >= 4 is 36.1 Å². The molecule has 142 valence electrons. The van der Waals surface area contributed by atoms with Gasteiger partial charge in [0.1, 0.15) is 0 Å². The molecule has 3 nitrogen and oxygen atoms in total. The zero-order valence-electron chi connectivity index (χ0n) is 15.9. The van der Waals surface area contributed by atoms with Crippen LogP contribution in [0.1, 0.15) is 11.1 Å². The fourth-order valence-electron chi connectivity index (χ4n) is 2.41. The van der Waals surface area contributed by atoms with E-state index >= 15 is 0 Å². The number of anilines is 1. The number of aliphatic imine (C=N–C) groups is 1. The van der Waals surface area contributed by atoms with Crippen molar-refractivity contribution in [1.29, 1.82) is 0 Å². The number of rotatable bonds is 7. The number of hydrogen-bond acceptors (Lipinski definition) is 4. The van der Waals surface area contributed by atoms with E-state index in [-0.39, 0.29) is 0 Å². The van der Waals surface area contributed by atoms with E-state index in [0.29, 0.717) is 10.6 Å². The third kappa shape index (κ3) is 6.89. The first-order valence-electron chi connectivity index (χ1n) is 8.89. The zero-order chi connectivity index (χ0) is 20.0. The van der Waals surface area contributed by atoms with E-state index in [1.807, 2.05) is 98.0 Å². The molecule has 0 atom stereocenters. The summed E-state index contributed by atoms with van der Waals surface area (Å²) in [5.74, 6) is 0.737. The van der Waals surface area contributed by atoms with Crippen LogP contribution in [0.25, 0.3) is 5.70 Å². The first kappa shape index (κ1) is 21.2. The van der Waals surface area contributed by atoms with Crippen LogP contribution < -0.4 is 5.32 Å².